The van der Waals surface area contributed by atoms with Gasteiger partial charge in [-0.15, -0.1) is 0 Å². The molecule has 1 aliphatic heterocycles. The van der Waals surface area contributed by atoms with Gasteiger partial charge in [0.2, 0.25) is 0 Å². The Kier molecular flexibility index (Phi) is 3.40. The van der Waals surface area contributed by atoms with Crippen molar-refractivity contribution in [1.29, 1.82) is 0 Å². The first-order valence-electron chi connectivity index (χ1n) is 3.95. The largest absolute Gasteiger partial charge is 0.460 e. The van der Waals surface area contributed by atoms with E-state index < -0.39 is 6.30 Å². The molecule has 0 aromatic carbocycles. The lowest BCUT2D eigenvalue weighted by Gasteiger charge is -2.35. The van der Waals surface area contributed by atoms with Crippen molar-refractivity contribution < 1.29 is 13.2 Å². The predicted octanol–water partition coefficient (Wildman–Crippen LogP) is 2.76. The molecular formula is C7H11BrF3N. The van der Waals surface area contributed by atoms with E-state index in [9.17, 15) is 13.2 Å². The number of rotatable bonds is 1. The first-order valence-corrected chi connectivity index (χ1v) is 5.07. The molecule has 1 heterocycles. The monoisotopic (exact) mass is 245 g/mol. The SMILES string of the molecule is FC(F)(F)N1CCCCC1CBr. The van der Waals surface area contributed by atoms with E-state index >= 15 is 0 Å². The van der Waals surface area contributed by atoms with Crippen molar-refractivity contribution in [2.45, 2.75) is 31.6 Å². The quantitative estimate of drug-likeness (QED) is 0.508. The Hall–Kier alpha value is 0.230. The highest BCUT2D eigenvalue weighted by Gasteiger charge is 2.42. The van der Waals surface area contributed by atoms with E-state index in [0.717, 1.165) is 6.42 Å². The fourth-order valence-corrected chi connectivity index (χ4v) is 2.17. The van der Waals surface area contributed by atoms with Crippen molar-refractivity contribution in [2.75, 3.05) is 11.9 Å². The zero-order chi connectivity index (χ0) is 9.19. The number of halogens is 4. The molecule has 0 aromatic rings. The average Bonchev–Trinajstić information content (AvgIpc) is 2.03. The minimum Gasteiger partial charge on any atom is -0.211 e. The van der Waals surface area contributed by atoms with Gasteiger partial charge in [-0.3, -0.25) is 0 Å². The Morgan fingerprint density at radius 2 is 2.00 bits per heavy atom. The van der Waals surface area contributed by atoms with Gasteiger partial charge in [-0.05, 0) is 12.8 Å². The zero-order valence-electron chi connectivity index (χ0n) is 6.57. The molecule has 5 heteroatoms. The standard InChI is InChI=1S/C7H11BrF3N/c8-5-6-3-1-2-4-12(6)7(9,10)11/h6H,1-5H2. The number of hydrogen-bond acceptors (Lipinski definition) is 1. The van der Waals surface area contributed by atoms with Crippen LogP contribution in [0.15, 0.2) is 0 Å². The molecular weight excluding hydrogens is 235 g/mol. The highest BCUT2D eigenvalue weighted by atomic mass is 79.9. The molecule has 12 heavy (non-hydrogen) atoms. The molecule has 0 spiro atoms. The summed E-state index contributed by atoms with van der Waals surface area (Å²) in [5, 5.41) is 0.409. The third kappa shape index (κ3) is 2.36. The summed E-state index contributed by atoms with van der Waals surface area (Å²) in [6.45, 7) is 0.153. The predicted molar refractivity (Wildman–Crippen MR) is 44.2 cm³/mol. The molecule has 1 nitrogen and oxygen atoms in total. The molecule has 1 fully saturated rings. The van der Waals surface area contributed by atoms with Crippen LogP contribution < -0.4 is 0 Å². The van der Waals surface area contributed by atoms with Crippen LogP contribution in [0.2, 0.25) is 0 Å². The Bertz CT molecular complexity index is 148. The van der Waals surface area contributed by atoms with E-state index in [4.69, 9.17) is 0 Å². The Balaban J connectivity index is 2.59. The molecule has 0 aromatic heterocycles. The topological polar surface area (TPSA) is 3.24 Å². The average molecular weight is 246 g/mol. The first kappa shape index (κ1) is 10.3. The van der Waals surface area contributed by atoms with E-state index in [1.807, 2.05) is 0 Å². The second kappa shape index (κ2) is 3.96. The van der Waals surface area contributed by atoms with Crippen LogP contribution >= 0.6 is 15.9 Å². The highest BCUT2D eigenvalue weighted by Crippen LogP contribution is 2.30. The van der Waals surface area contributed by atoms with Gasteiger partial charge in [0, 0.05) is 17.9 Å². The summed E-state index contributed by atoms with van der Waals surface area (Å²) in [6, 6.07) is -0.362. The number of nitrogens with zero attached hydrogens (tertiary/aromatic N) is 1. The molecule has 0 radical (unpaired) electrons. The van der Waals surface area contributed by atoms with Crippen LogP contribution in [0.3, 0.4) is 0 Å². The van der Waals surface area contributed by atoms with E-state index in [-0.39, 0.29) is 12.6 Å². The van der Waals surface area contributed by atoms with E-state index in [0.29, 0.717) is 23.1 Å². The fraction of sp³-hybridized carbons (Fsp3) is 1.00. The van der Waals surface area contributed by atoms with Crippen LogP contribution in [0.5, 0.6) is 0 Å². The van der Waals surface area contributed by atoms with E-state index in [1.165, 1.54) is 0 Å². The van der Waals surface area contributed by atoms with Crippen molar-refractivity contribution in [2.24, 2.45) is 0 Å². The van der Waals surface area contributed by atoms with Crippen molar-refractivity contribution in [1.82, 2.24) is 4.90 Å². The van der Waals surface area contributed by atoms with Crippen LogP contribution in [0.25, 0.3) is 0 Å². The minimum absolute atomic E-state index is 0.153. The summed E-state index contributed by atoms with van der Waals surface area (Å²) >= 11 is 3.10. The number of hydrogen-bond donors (Lipinski definition) is 0. The van der Waals surface area contributed by atoms with Crippen LogP contribution in [0, 0.1) is 0 Å². The summed E-state index contributed by atoms with van der Waals surface area (Å²) in [6.07, 6.45) is -1.95. The minimum atomic E-state index is -4.15. The molecule has 0 amide bonds. The molecule has 72 valence electrons. The van der Waals surface area contributed by atoms with E-state index in [1.54, 1.807) is 0 Å². The lowest BCUT2D eigenvalue weighted by Crippen LogP contribution is -2.49. The first-order chi connectivity index (χ1) is 5.55. The lowest BCUT2D eigenvalue weighted by atomic mass is 10.0. The molecule has 1 saturated heterocycles. The number of piperidine rings is 1. The van der Waals surface area contributed by atoms with Crippen molar-refractivity contribution in [3.05, 3.63) is 0 Å². The molecule has 0 saturated carbocycles. The third-order valence-corrected chi connectivity index (χ3v) is 2.88. The van der Waals surface area contributed by atoms with Gasteiger partial charge in [0.1, 0.15) is 0 Å². The molecule has 0 N–H and O–H groups in total. The molecule has 0 aliphatic carbocycles. The van der Waals surface area contributed by atoms with Crippen molar-refractivity contribution >= 4 is 15.9 Å². The molecule has 1 rings (SSSR count). The van der Waals surface area contributed by atoms with Gasteiger partial charge in [0.25, 0.3) is 0 Å². The second-order valence-corrected chi connectivity index (χ2v) is 3.61. The van der Waals surface area contributed by atoms with Crippen molar-refractivity contribution in [3.8, 4) is 0 Å². The van der Waals surface area contributed by atoms with Gasteiger partial charge in [-0.1, -0.05) is 22.4 Å². The summed E-state index contributed by atoms with van der Waals surface area (Å²) < 4.78 is 36.9. The summed E-state index contributed by atoms with van der Waals surface area (Å²) in [4.78, 5) is 0.630. The second-order valence-electron chi connectivity index (χ2n) is 2.97. The third-order valence-electron chi connectivity index (χ3n) is 2.13. The smallest absolute Gasteiger partial charge is 0.211 e. The normalized spacial score (nSPS) is 27.5. The summed E-state index contributed by atoms with van der Waals surface area (Å²) in [5.74, 6) is 0. The number of likely N-dealkylation sites (tertiary alicyclic amines) is 1. The van der Waals surface area contributed by atoms with Crippen LogP contribution in [-0.4, -0.2) is 29.1 Å². The number of alkyl halides is 4. The molecule has 1 unspecified atom stereocenters. The van der Waals surface area contributed by atoms with Gasteiger partial charge >= 0.3 is 6.30 Å². The van der Waals surface area contributed by atoms with Gasteiger partial charge < -0.3 is 0 Å². The van der Waals surface area contributed by atoms with Crippen LogP contribution in [0.4, 0.5) is 13.2 Å². The summed E-state index contributed by atoms with van der Waals surface area (Å²) in [5.41, 5.74) is 0. The molecule has 0 bridgehead atoms. The van der Waals surface area contributed by atoms with E-state index in [2.05, 4.69) is 15.9 Å². The summed E-state index contributed by atoms with van der Waals surface area (Å²) in [7, 11) is 0. The van der Waals surface area contributed by atoms with Crippen LogP contribution in [-0.2, 0) is 0 Å². The Morgan fingerprint density at radius 3 is 2.42 bits per heavy atom. The maximum absolute atomic E-state index is 12.3. The zero-order valence-corrected chi connectivity index (χ0v) is 8.16. The maximum atomic E-state index is 12.3. The molecule has 1 atom stereocenters. The van der Waals surface area contributed by atoms with Gasteiger partial charge in [-0.2, -0.15) is 13.2 Å². The van der Waals surface area contributed by atoms with Gasteiger partial charge in [-0.25, -0.2) is 4.90 Å². The maximum Gasteiger partial charge on any atom is 0.460 e. The van der Waals surface area contributed by atoms with Crippen molar-refractivity contribution in [3.63, 3.8) is 0 Å². The molecule has 1 aliphatic rings. The van der Waals surface area contributed by atoms with Gasteiger partial charge in [0.15, 0.2) is 0 Å². The Labute approximate surface area is 78.0 Å². The lowest BCUT2D eigenvalue weighted by molar-refractivity contribution is -0.261. The highest BCUT2D eigenvalue weighted by molar-refractivity contribution is 9.09. The van der Waals surface area contributed by atoms with Gasteiger partial charge in [0.05, 0.1) is 0 Å². The fourth-order valence-electron chi connectivity index (χ4n) is 1.49. The van der Waals surface area contributed by atoms with Crippen LogP contribution in [0.1, 0.15) is 19.3 Å². The Morgan fingerprint density at radius 1 is 1.33 bits per heavy atom.